The molecule has 0 spiro atoms. The molecule has 0 aliphatic heterocycles. The summed E-state index contributed by atoms with van der Waals surface area (Å²) in [7, 11) is 0. The fourth-order valence-corrected chi connectivity index (χ4v) is 23.4. The lowest BCUT2D eigenvalue weighted by Gasteiger charge is -2.20. The van der Waals surface area contributed by atoms with E-state index in [1.807, 2.05) is 0 Å². The highest BCUT2D eigenvalue weighted by Gasteiger charge is 2.37. The van der Waals surface area contributed by atoms with Gasteiger partial charge in [-0.15, -0.1) is 0 Å². The predicted octanol–water partition coefficient (Wildman–Crippen LogP) is 37.8. The average molecular weight is 1790 g/mol. The molecule has 3 aliphatic carbocycles. The first-order valence-corrected chi connectivity index (χ1v) is 48.8. The topological polar surface area (TPSA) is 38.7 Å². The lowest BCUT2D eigenvalue weighted by atomic mass is 9.82. The number of pyridine rings is 3. The van der Waals surface area contributed by atoms with E-state index in [0.717, 1.165) is 72.2 Å². The molecule has 29 rings (SSSR count). The van der Waals surface area contributed by atoms with E-state index in [1.165, 1.54) is 231 Å². The normalized spacial score (nSPS) is 11.8. The minimum absolute atomic E-state index is 1.00. The van der Waals surface area contributed by atoms with Crippen LogP contribution in [0.5, 0.6) is 0 Å². The Morgan fingerprint density at radius 1 is 0.142 bits per heavy atom. The second-order valence-electron chi connectivity index (χ2n) is 37.9. The molecule has 0 fully saturated rings. The van der Waals surface area contributed by atoms with Crippen molar-refractivity contribution in [1.29, 1.82) is 0 Å². The van der Waals surface area contributed by atoms with Gasteiger partial charge >= 0.3 is 0 Å². The van der Waals surface area contributed by atoms with E-state index in [4.69, 9.17) is 15.0 Å². The summed E-state index contributed by atoms with van der Waals surface area (Å²) in [6.45, 7) is 6.48. The quantitative estimate of drug-likeness (QED) is 0.130. The number of rotatable bonds is 11. The molecule has 3 heteroatoms. The lowest BCUT2D eigenvalue weighted by Crippen LogP contribution is -1.94. The van der Waals surface area contributed by atoms with Crippen LogP contribution in [-0.2, 0) is 0 Å². The van der Waals surface area contributed by atoms with E-state index < -0.39 is 0 Å². The van der Waals surface area contributed by atoms with Gasteiger partial charge in [-0.3, -0.25) is 0 Å². The molecule has 0 radical (unpaired) electrons. The highest BCUT2D eigenvalue weighted by molar-refractivity contribution is 6.32. The van der Waals surface area contributed by atoms with Crippen molar-refractivity contribution in [2.45, 2.75) is 20.8 Å². The Kier molecular flexibility index (Phi) is 19.7. The van der Waals surface area contributed by atoms with Gasteiger partial charge in [-0.2, -0.15) is 0 Å². The zero-order chi connectivity index (χ0) is 93.4. The molecular formula is C138H89N3. The zero-order valence-corrected chi connectivity index (χ0v) is 78.0. The number of para-hydroxylation sites is 1. The van der Waals surface area contributed by atoms with E-state index in [0.29, 0.717) is 0 Å². The van der Waals surface area contributed by atoms with Crippen molar-refractivity contribution in [2.24, 2.45) is 0 Å². The summed E-state index contributed by atoms with van der Waals surface area (Å²) in [5.41, 5.74) is 48.5. The molecule has 0 atom stereocenters. The predicted molar refractivity (Wildman–Crippen MR) is 598 cm³/mol. The minimum atomic E-state index is 1.00. The molecule has 0 amide bonds. The van der Waals surface area contributed by atoms with E-state index in [2.05, 4.69) is 506 Å². The Morgan fingerprint density at radius 3 is 0.794 bits per heavy atom. The third-order valence-corrected chi connectivity index (χ3v) is 29.4. The smallest absolute Gasteiger partial charge is 0.0788 e. The summed E-state index contributed by atoms with van der Waals surface area (Å²) >= 11 is 0. The average Bonchev–Trinajstić information content (AvgIpc) is 1.55. The van der Waals surface area contributed by atoms with Crippen molar-refractivity contribution >= 4 is 97.3 Å². The minimum Gasteiger partial charge on any atom is -0.248 e. The second-order valence-corrected chi connectivity index (χ2v) is 37.9. The summed E-state index contributed by atoms with van der Waals surface area (Å²) in [4.78, 5) is 16.0. The Hall–Kier alpha value is -18.2. The molecule has 26 aromatic rings. The van der Waals surface area contributed by atoms with Crippen molar-refractivity contribution in [2.75, 3.05) is 0 Å². The fourth-order valence-electron chi connectivity index (χ4n) is 23.4. The maximum Gasteiger partial charge on any atom is 0.0788 e. The Morgan fingerprint density at radius 2 is 0.426 bits per heavy atom. The van der Waals surface area contributed by atoms with Gasteiger partial charge in [-0.1, -0.05) is 412 Å². The van der Waals surface area contributed by atoms with E-state index >= 15 is 0 Å². The van der Waals surface area contributed by atoms with Gasteiger partial charge in [0.15, 0.2) is 0 Å². The molecular weight excluding hydrogens is 1700 g/mol. The van der Waals surface area contributed by atoms with Crippen molar-refractivity contribution in [1.82, 2.24) is 15.0 Å². The highest BCUT2D eigenvalue weighted by Crippen LogP contribution is 2.63. The van der Waals surface area contributed by atoms with Crippen LogP contribution in [0.25, 0.3) is 287 Å². The third-order valence-electron chi connectivity index (χ3n) is 29.4. The number of hydrogen-bond acceptors (Lipinski definition) is 3. The van der Waals surface area contributed by atoms with Crippen LogP contribution in [0, 0.1) is 20.8 Å². The van der Waals surface area contributed by atoms with Crippen LogP contribution >= 0.6 is 0 Å². The van der Waals surface area contributed by atoms with Crippen molar-refractivity contribution < 1.29 is 0 Å². The molecule has 0 bridgehead atoms. The van der Waals surface area contributed by atoms with Crippen LogP contribution in [0.4, 0.5) is 0 Å². The van der Waals surface area contributed by atoms with Gasteiger partial charge in [0.2, 0.25) is 0 Å². The van der Waals surface area contributed by atoms with Gasteiger partial charge < -0.3 is 0 Å². The summed E-state index contributed by atoms with van der Waals surface area (Å²) < 4.78 is 0. The SMILES string of the molecule is Cc1ccc2cc(-c3ccccc3)c(-c3cc4c5c(cccc5c3)-c3c-4c(-c4ccccc4)c4ccccc4c3-c3ccccc3)nc2c1.Cc1ccc2nc(-c3cc4c5c(cccc5c3)-c3c-4c(-c4ccccc4)c4ccccc4c3-c3ccccc3)cc(C)c2c1.c1ccc(-c2cc3ccccc3nc2-c2cc3c4c(cccc4c2)-c2c-3c(-c3ccccc3)c3ccccc3c2-c2ccccc2)cc1. The molecule has 0 unspecified atom stereocenters. The summed E-state index contributed by atoms with van der Waals surface area (Å²) in [5.74, 6) is 0. The number of aryl methyl sites for hydroxylation is 3. The van der Waals surface area contributed by atoms with Crippen molar-refractivity contribution in [3.63, 3.8) is 0 Å². The second kappa shape index (κ2) is 33.7. The molecule has 3 aliphatic rings. The number of hydrogen-bond donors (Lipinski definition) is 0. The number of nitrogens with zero attached hydrogens (tertiary/aromatic N) is 3. The molecule has 3 aromatic heterocycles. The first kappa shape index (κ1) is 82.3. The molecule has 656 valence electrons. The van der Waals surface area contributed by atoms with Gasteiger partial charge in [-0.05, 0) is 320 Å². The van der Waals surface area contributed by atoms with Gasteiger partial charge in [0.1, 0.15) is 0 Å². The maximum atomic E-state index is 5.43. The number of fused-ring (bicyclic) bond motifs is 15. The Balaban J connectivity index is 0.000000106. The van der Waals surface area contributed by atoms with Gasteiger partial charge in [0, 0.05) is 44.0 Å². The molecule has 0 N–H and O–H groups in total. The summed E-state index contributed by atoms with van der Waals surface area (Å²) in [6.07, 6.45) is 0. The summed E-state index contributed by atoms with van der Waals surface area (Å²) in [5, 5.41) is 18.8. The molecule has 3 heterocycles. The van der Waals surface area contributed by atoms with Gasteiger partial charge in [0.05, 0.1) is 33.6 Å². The van der Waals surface area contributed by atoms with Crippen LogP contribution in [0.15, 0.2) is 485 Å². The zero-order valence-electron chi connectivity index (χ0n) is 78.0. The fraction of sp³-hybridized carbons (Fsp3) is 0.0217. The summed E-state index contributed by atoms with van der Waals surface area (Å²) in [6, 6.07) is 177. The molecule has 0 saturated heterocycles. The Bertz CT molecular complexity index is 9640. The van der Waals surface area contributed by atoms with Crippen LogP contribution in [0.3, 0.4) is 0 Å². The maximum absolute atomic E-state index is 5.43. The van der Waals surface area contributed by atoms with Crippen LogP contribution < -0.4 is 0 Å². The third kappa shape index (κ3) is 13.7. The van der Waals surface area contributed by atoms with Crippen LogP contribution in [0.2, 0.25) is 0 Å². The van der Waals surface area contributed by atoms with E-state index in [9.17, 15) is 0 Å². The first-order valence-electron chi connectivity index (χ1n) is 48.8. The molecule has 23 aromatic carbocycles. The monoisotopic (exact) mass is 1790 g/mol. The Labute approximate surface area is 818 Å². The van der Waals surface area contributed by atoms with E-state index in [-0.39, 0.29) is 0 Å². The lowest BCUT2D eigenvalue weighted by molar-refractivity contribution is 1.35. The van der Waals surface area contributed by atoms with Crippen LogP contribution in [-0.4, -0.2) is 15.0 Å². The standard InChI is InChI=1S/C48H31N.C47H29N.C43H29N/c1-30-24-25-34-28-40(31-14-5-2-6-15-31)48(49-42(34)26-30)36-27-35-20-13-23-39-43(35)41(29-36)47-45(33-18-9-4-10-19-33)38-22-12-11-21-37(38)44(46(39)47)32-16-7-3-8-17-32;1-4-15-30(16-5-1)39-28-33-21-10-13-26-41(33)48-47(39)35-27-34-22-14-25-38-42(34)40(29-35)46-44(32-19-8-3-9-20-32)37-24-12-11-23-36(37)43(45(38)46)31-17-6-2-7-18-31;1-26-20-21-37-35(22-26)27(2)23-38(44-37)31-24-30-16-11-19-34-39(30)36(25-31)43-41(29-14-7-4-8-15-29)33-18-10-9-17-32(33)40(42(34)43)28-12-5-3-6-13-28/h2-29H,1H3;1-29H;3-25H,1-2H3. The van der Waals surface area contributed by atoms with Gasteiger partial charge in [-0.25, -0.2) is 15.0 Å². The molecule has 0 saturated carbocycles. The van der Waals surface area contributed by atoms with Crippen molar-refractivity contribution in [3.05, 3.63) is 502 Å². The highest BCUT2D eigenvalue weighted by atomic mass is 14.7. The largest absolute Gasteiger partial charge is 0.248 e. The van der Waals surface area contributed by atoms with Crippen LogP contribution in [0.1, 0.15) is 16.7 Å². The number of benzene rings is 23. The number of aromatic nitrogens is 3. The first-order chi connectivity index (χ1) is 69.7. The molecule has 3 nitrogen and oxygen atoms in total. The van der Waals surface area contributed by atoms with Gasteiger partial charge in [0.25, 0.3) is 0 Å². The molecule has 141 heavy (non-hydrogen) atoms. The van der Waals surface area contributed by atoms with E-state index in [1.54, 1.807) is 0 Å². The van der Waals surface area contributed by atoms with Crippen molar-refractivity contribution in [3.8, 4) is 190 Å².